The third-order valence-corrected chi connectivity index (χ3v) is 4.38. The normalized spacial score (nSPS) is 22.7. The Kier molecular flexibility index (Phi) is 4.56. The summed E-state index contributed by atoms with van der Waals surface area (Å²) in [7, 11) is 1.81. The lowest BCUT2D eigenvalue weighted by Gasteiger charge is -2.28. The molecular weight excluding hydrogens is 276 g/mol. The van der Waals surface area contributed by atoms with Crippen LogP contribution >= 0.6 is 0 Å². The van der Waals surface area contributed by atoms with Crippen molar-refractivity contribution in [1.82, 2.24) is 25.2 Å². The van der Waals surface area contributed by atoms with E-state index >= 15 is 0 Å². The Balaban J connectivity index is 1.57. The van der Waals surface area contributed by atoms with Gasteiger partial charge in [0.2, 0.25) is 0 Å². The van der Waals surface area contributed by atoms with Gasteiger partial charge in [-0.05, 0) is 43.7 Å². The number of aliphatic imine (C=N–C) groups is 1. The third kappa shape index (κ3) is 3.37. The van der Waals surface area contributed by atoms with E-state index in [2.05, 4.69) is 32.7 Å². The molecule has 6 nitrogen and oxygen atoms in total. The fourth-order valence-corrected chi connectivity index (χ4v) is 2.97. The fourth-order valence-electron chi connectivity index (χ4n) is 2.97. The van der Waals surface area contributed by atoms with E-state index in [4.69, 9.17) is 0 Å². The minimum atomic E-state index is 0.526. The van der Waals surface area contributed by atoms with Crippen LogP contribution in [-0.4, -0.2) is 33.6 Å². The van der Waals surface area contributed by atoms with Crippen molar-refractivity contribution in [3.05, 3.63) is 30.2 Å². The molecule has 1 saturated carbocycles. The predicted octanol–water partition coefficient (Wildman–Crippen LogP) is 1.97. The number of nitrogens with zero attached hydrogens (tertiary/aromatic N) is 4. The largest absolute Gasteiger partial charge is 0.354 e. The van der Waals surface area contributed by atoms with Gasteiger partial charge in [-0.15, -0.1) is 10.2 Å². The Morgan fingerprint density at radius 1 is 1.27 bits per heavy atom. The molecule has 6 heteroatoms. The minimum absolute atomic E-state index is 0.526. The van der Waals surface area contributed by atoms with Crippen LogP contribution in [0.25, 0.3) is 5.65 Å². The Morgan fingerprint density at radius 2 is 2.09 bits per heavy atom. The van der Waals surface area contributed by atoms with Crippen molar-refractivity contribution in [2.45, 2.75) is 45.2 Å². The second-order valence-electron chi connectivity index (χ2n) is 6.07. The zero-order chi connectivity index (χ0) is 15.4. The molecule has 3 rings (SSSR count). The SMILES string of the molecule is CN=C(NCc1nnc2ccccn12)NC1CCC(C)CC1. The summed E-state index contributed by atoms with van der Waals surface area (Å²) in [5, 5.41) is 15.2. The van der Waals surface area contributed by atoms with Crippen LogP contribution in [0.5, 0.6) is 0 Å². The maximum absolute atomic E-state index is 4.32. The fraction of sp³-hybridized carbons (Fsp3) is 0.562. The first kappa shape index (κ1) is 14.8. The minimum Gasteiger partial charge on any atom is -0.354 e. The lowest BCUT2D eigenvalue weighted by atomic mass is 9.87. The molecule has 0 bridgehead atoms. The van der Waals surface area contributed by atoms with Crippen LogP contribution in [0.3, 0.4) is 0 Å². The second-order valence-corrected chi connectivity index (χ2v) is 6.07. The number of rotatable bonds is 3. The van der Waals surface area contributed by atoms with Crippen molar-refractivity contribution in [3.63, 3.8) is 0 Å². The Bertz CT molecular complexity index is 639. The Hall–Kier alpha value is -2.11. The van der Waals surface area contributed by atoms with Gasteiger partial charge in [-0.3, -0.25) is 9.39 Å². The van der Waals surface area contributed by atoms with Crippen LogP contribution in [0.2, 0.25) is 0 Å². The monoisotopic (exact) mass is 300 g/mol. The number of guanidine groups is 1. The van der Waals surface area contributed by atoms with Crippen LogP contribution in [0.4, 0.5) is 0 Å². The highest BCUT2D eigenvalue weighted by Gasteiger charge is 2.19. The van der Waals surface area contributed by atoms with E-state index in [1.165, 1.54) is 25.7 Å². The van der Waals surface area contributed by atoms with Gasteiger partial charge in [0.15, 0.2) is 17.4 Å². The Labute approximate surface area is 131 Å². The third-order valence-electron chi connectivity index (χ3n) is 4.38. The molecule has 22 heavy (non-hydrogen) atoms. The van der Waals surface area contributed by atoms with Gasteiger partial charge in [0, 0.05) is 19.3 Å². The predicted molar refractivity (Wildman–Crippen MR) is 87.7 cm³/mol. The van der Waals surface area contributed by atoms with Crippen LogP contribution in [-0.2, 0) is 6.54 Å². The summed E-state index contributed by atoms with van der Waals surface area (Å²) in [6.07, 6.45) is 7.00. The first-order chi connectivity index (χ1) is 10.8. The summed E-state index contributed by atoms with van der Waals surface area (Å²) in [6, 6.07) is 6.42. The summed E-state index contributed by atoms with van der Waals surface area (Å²) in [5.41, 5.74) is 0.864. The number of fused-ring (bicyclic) bond motifs is 1. The maximum Gasteiger partial charge on any atom is 0.191 e. The first-order valence-corrected chi connectivity index (χ1v) is 8.02. The molecule has 1 aliphatic rings. The van der Waals surface area contributed by atoms with Crippen LogP contribution < -0.4 is 10.6 Å². The van der Waals surface area contributed by atoms with Gasteiger partial charge in [0.1, 0.15) is 0 Å². The summed E-state index contributed by atoms with van der Waals surface area (Å²) in [5.74, 6) is 2.58. The number of nitrogens with one attached hydrogen (secondary N) is 2. The maximum atomic E-state index is 4.32. The quantitative estimate of drug-likeness (QED) is 0.672. The van der Waals surface area contributed by atoms with Crippen LogP contribution in [0.15, 0.2) is 29.4 Å². The van der Waals surface area contributed by atoms with Gasteiger partial charge in [-0.1, -0.05) is 13.0 Å². The topological polar surface area (TPSA) is 66.6 Å². The highest BCUT2D eigenvalue weighted by molar-refractivity contribution is 5.79. The molecule has 0 spiro atoms. The van der Waals surface area contributed by atoms with E-state index < -0.39 is 0 Å². The van der Waals surface area contributed by atoms with E-state index in [1.54, 1.807) is 0 Å². The molecule has 0 unspecified atom stereocenters. The summed E-state index contributed by atoms with van der Waals surface area (Å²) in [6.45, 7) is 2.94. The molecule has 1 fully saturated rings. The van der Waals surface area contributed by atoms with E-state index in [0.717, 1.165) is 23.3 Å². The lowest BCUT2D eigenvalue weighted by Crippen LogP contribution is -2.44. The Morgan fingerprint density at radius 3 is 2.86 bits per heavy atom. The van der Waals surface area contributed by atoms with Gasteiger partial charge < -0.3 is 10.6 Å². The van der Waals surface area contributed by atoms with Crippen molar-refractivity contribution >= 4 is 11.6 Å². The van der Waals surface area contributed by atoms with E-state index in [-0.39, 0.29) is 0 Å². The molecule has 1 aliphatic carbocycles. The summed E-state index contributed by atoms with van der Waals surface area (Å²) in [4.78, 5) is 4.32. The molecule has 0 aromatic carbocycles. The number of pyridine rings is 1. The van der Waals surface area contributed by atoms with Gasteiger partial charge >= 0.3 is 0 Å². The molecule has 0 radical (unpaired) electrons. The number of hydrogen-bond donors (Lipinski definition) is 2. The van der Waals surface area contributed by atoms with E-state index in [0.29, 0.717) is 12.6 Å². The van der Waals surface area contributed by atoms with Crippen LogP contribution in [0, 0.1) is 5.92 Å². The van der Waals surface area contributed by atoms with Crippen molar-refractivity contribution in [2.24, 2.45) is 10.9 Å². The molecule has 118 valence electrons. The number of hydrogen-bond acceptors (Lipinski definition) is 3. The second kappa shape index (κ2) is 6.77. The lowest BCUT2D eigenvalue weighted by molar-refractivity contribution is 0.329. The van der Waals surface area contributed by atoms with Gasteiger partial charge in [-0.2, -0.15) is 0 Å². The zero-order valence-electron chi connectivity index (χ0n) is 13.3. The molecule has 0 atom stereocenters. The van der Waals surface area contributed by atoms with Gasteiger partial charge in [0.05, 0.1) is 6.54 Å². The molecule has 0 amide bonds. The highest BCUT2D eigenvalue weighted by Crippen LogP contribution is 2.23. The smallest absolute Gasteiger partial charge is 0.191 e. The zero-order valence-corrected chi connectivity index (χ0v) is 13.3. The summed E-state index contributed by atoms with van der Waals surface area (Å²) >= 11 is 0. The molecule has 2 heterocycles. The average molecular weight is 300 g/mol. The molecule has 2 aromatic rings. The summed E-state index contributed by atoms with van der Waals surface area (Å²) < 4.78 is 1.99. The standard InChI is InChI=1S/C16H24N6/c1-12-6-8-13(9-7-12)19-16(17-2)18-11-15-21-20-14-5-3-4-10-22(14)15/h3-5,10,12-13H,6-9,11H2,1-2H3,(H2,17,18,19). The highest BCUT2D eigenvalue weighted by atomic mass is 15.3. The van der Waals surface area contributed by atoms with Crippen molar-refractivity contribution in [1.29, 1.82) is 0 Å². The average Bonchev–Trinajstić information content (AvgIpc) is 2.96. The molecule has 2 N–H and O–H groups in total. The van der Waals surface area contributed by atoms with Crippen molar-refractivity contribution < 1.29 is 0 Å². The van der Waals surface area contributed by atoms with Gasteiger partial charge in [-0.25, -0.2) is 0 Å². The van der Waals surface area contributed by atoms with Crippen LogP contribution in [0.1, 0.15) is 38.4 Å². The van der Waals surface area contributed by atoms with Crippen molar-refractivity contribution in [2.75, 3.05) is 7.05 Å². The van der Waals surface area contributed by atoms with Gasteiger partial charge in [0.25, 0.3) is 0 Å². The molecular formula is C16H24N6. The van der Waals surface area contributed by atoms with E-state index in [1.807, 2.05) is 35.8 Å². The first-order valence-electron chi connectivity index (χ1n) is 8.02. The van der Waals surface area contributed by atoms with E-state index in [9.17, 15) is 0 Å². The molecule has 0 aliphatic heterocycles. The van der Waals surface area contributed by atoms with Crippen molar-refractivity contribution in [3.8, 4) is 0 Å². The molecule has 0 saturated heterocycles. The number of aromatic nitrogens is 3. The molecule has 2 aromatic heterocycles.